The number of aromatic nitrogens is 4. The van der Waals surface area contributed by atoms with Crippen molar-refractivity contribution in [1.29, 1.82) is 0 Å². The number of nitrogens with zero attached hydrogens (tertiary/aromatic N) is 5. The van der Waals surface area contributed by atoms with E-state index in [0.29, 0.717) is 30.2 Å². The first kappa shape index (κ1) is 20.5. The maximum Gasteiger partial charge on any atom is 0.338 e. The van der Waals surface area contributed by atoms with Crippen LogP contribution in [0.4, 0.5) is 11.4 Å². The van der Waals surface area contributed by atoms with E-state index >= 15 is 0 Å². The summed E-state index contributed by atoms with van der Waals surface area (Å²) in [5.41, 5.74) is 2.60. The van der Waals surface area contributed by atoms with Gasteiger partial charge in [-0.3, -0.25) is 4.79 Å². The fraction of sp³-hybridized carbons (Fsp3) is 0.286. The topological polar surface area (TPSA) is 111 Å². The molecule has 1 atom stereocenters. The third kappa shape index (κ3) is 5.04. The number of anilines is 2. The molecular weight excluding hydrogens is 400 g/mol. The van der Waals surface area contributed by atoms with Gasteiger partial charge in [0, 0.05) is 24.5 Å². The van der Waals surface area contributed by atoms with E-state index in [0.717, 1.165) is 18.8 Å². The number of nitrogens with one attached hydrogen (secondary N) is 1. The number of ether oxygens (including phenoxy) is 2. The number of esters is 1. The lowest BCUT2D eigenvalue weighted by Gasteiger charge is -2.28. The van der Waals surface area contributed by atoms with Gasteiger partial charge in [-0.15, -0.1) is 5.10 Å². The van der Waals surface area contributed by atoms with Crippen LogP contribution < -0.4 is 10.2 Å². The van der Waals surface area contributed by atoms with Gasteiger partial charge in [0.05, 0.1) is 24.5 Å². The standard InChI is InChI=1S/C21H22N6O4/c1-15(31-21(29)16-3-2-4-19(13-16)27-14-22-24-25-27)20(28)23-17-5-7-18(8-6-17)26-9-11-30-12-10-26/h2-8,13-15H,9-12H2,1H3,(H,23,28). The fourth-order valence-corrected chi connectivity index (χ4v) is 3.16. The molecule has 1 aliphatic rings. The molecule has 10 heteroatoms. The molecule has 1 fully saturated rings. The van der Waals surface area contributed by atoms with Crippen molar-refractivity contribution in [3.05, 3.63) is 60.4 Å². The van der Waals surface area contributed by atoms with Crippen LogP contribution in [0, 0.1) is 0 Å². The van der Waals surface area contributed by atoms with Crippen molar-refractivity contribution < 1.29 is 19.1 Å². The smallest absolute Gasteiger partial charge is 0.338 e. The van der Waals surface area contributed by atoms with Gasteiger partial charge in [0.2, 0.25) is 0 Å². The van der Waals surface area contributed by atoms with Crippen molar-refractivity contribution in [3.63, 3.8) is 0 Å². The van der Waals surface area contributed by atoms with Gasteiger partial charge in [-0.2, -0.15) is 0 Å². The van der Waals surface area contributed by atoms with E-state index in [1.807, 2.05) is 24.3 Å². The van der Waals surface area contributed by atoms with Crippen LogP contribution in [0.3, 0.4) is 0 Å². The highest BCUT2D eigenvalue weighted by Crippen LogP contribution is 2.19. The molecule has 1 N–H and O–H groups in total. The van der Waals surface area contributed by atoms with E-state index in [4.69, 9.17) is 9.47 Å². The molecule has 1 aliphatic heterocycles. The number of hydrogen-bond donors (Lipinski definition) is 1. The zero-order chi connectivity index (χ0) is 21.6. The van der Waals surface area contributed by atoms with Gasteiger partial charge in [0.25, 0.3) is 5.91 Å². The molecule has 3 aromatic rings. The van der Waals surface area contributed by atoms with E-state index < -0.39 is 18.0 Å². The first-order valence-electron chi connectivity index (χ1n) is 9.88. The van der Waals surface area contributed by atoms with Crippen LogP contribution >= 0.6 is 0 Å². The molecule has 2 aromatic carbocycles. The second kappa shape index (κ2) is 9.35. The molecule has 2 heterocycles. The lowest BCUT2D eigenvalue weighted by molar-refractivity contribution is -0.123. The molecule has 1 aromatic heterocycles. The van der Waals surface area contributed by atoms with E-state index in [-0.39, 0.29) is 0 Å². The largest absolute Gasteiger partial charge is 0.449 e. The fourth-order valence-electron chi connectivity index (χ4n) is 3.16. The highest BCUT2D eigenvalue weighted by atomic mass is 16.5. The van der Waals surface area contributed by atoms with Gasteiger partial charge < -0.3 is 19.7 Å². The summed E-state index contributed by atoms with van der Waals surface area (Å²) >= 11 is 0. The van der Waals surface area contributed by atoms with Crippen molar-refractivity contribution >= 4 is 23.3 Å². The molecule has 0 aliphatic carbocycles. The number of benzene rings is 2. The third-order valence-electron chi connectivity index (χ3n) is 4.86. The molecule has 0 spiro atoms. The van der Waals surface area contributed by atoms with Gasteiger partial charge in [-0.1, -0.05) is 6.07 Å². The minimum atomic E-state index is -0.969. The quantitative estimate of drug-likeness (QED) is 0.598. The van der Waals surface area contributed by atoms with Crippen LogP contribution in [0.25, 0.3) is 5.69 Å². The Kier molecular flexibility index (Phi) is 6.18. The SMILES string of the molecule is CC(OC(=O)c1cccc(-n2cnnn2)c1)C(=O)Nc1ccc(N2CCOCC2)cc1. The van der Waals surface area contributed by atoms with Gasteiger partial charge in [-0.05, 0) is 59.8 Å². The number of morpholine rings is 1. The second-order valence-electron chi connectivity index (χ2n) is 6.99. The van der Waals surface area contributed by atoms with Crippen molar-refractivity contribution in [1.82, 2.24) is 20.2 Å². The summed E-state index contributed by atoms with van der Waals surface area (Å²) < 4.78 is 12.1. The van der Waals surface area contributed by atoms with Crippen LogP contribution in [0.15, 0.2) is 54.9 Å². The summed E-state index contributed by atoms with van der Waals surface area (Å²) in [6.07, 6.45) is 0.452. The van der Waals surface area contributed by atoms with Crippen LogP contribution in [-0.2, 0) is 14.3 Å². The highest BCUT2D eigenvalue weighted by molar-refractivity contribution is 5.97. The molecule has 0 saturated carbocycles. The molecule has 1 saturated heterocycles. The number of carbonyl (C=O) groups excluding carboxylic acids is 2. The Balaban J connectivity index is 1.34. The minimum absolute atomic E-state index is 0.294. The Hall–Kier alpha value is -3.79. The maximum absolute atomic E-state index is 12.5. The van der Waals surface area contributed by atoms with Gasteiger partial charge >= 0.3 is 5.97 Å². The van der Waals surface area contributed by atoms with Crippen LogP contribution in [-0.4, -0.2) is 64.5 Å². The molecule has 4 rings (SSSR count). The van der Waals surface area contributed by atoms with Gasteiger partial charge in [-0.25, -0.2) is 9.48 Å². The Bertz CT molecular complexity index is 1030. The average molecular weight is 422 g/mol. The summed E-state index contributed by atoms with van der Waals surface area (Å²) in [6.45, 7) is 4.63. The number of carbonyl (C=O) groups is 2. The number of tetrazole rings is 1. The summed E-state index contributed by atoms with van der Waals surface area (Å²) in [5, 5.41) is 13.7. The number of hydrogen-bond acceptors (Lipinski definition) is 8. The summed E-state index contributed by atoms with van der Waals surface area (Å²) in [7, 11) is 0. The van der Waals surface area contributed by atoms with Crippen LogP contribution in [0.2, 0.25) is 0 Å². The van der Waals surface area contributed by atoms with Crippen molar-refractivity contribution in [3.8, 4) is 5.69 Å². The van der Waals surface area contributed by atoms with Crippen molar-refractivity contribution in [2.45, 2.75) is 13.0 Å². The van der Waals surface area contributed by atoms with E-state index in [1.165, 1.54) is 17.9 Å². The third-order valence-corrected chi connectivity index (χ3v) is 4.86. The zero-order valence-electron chi connectivity index (χ0n) is 17.0. The summed E-state index contributed by atoms with van der Waals surface area (Å²) in [6, 6.07) is 14.2. The van der Waals surface area contributed by atoms with Crippen LogP contribution in [0.5, 0.6) is 0 Å². The minimum Gasteiger partial charge on any atom is -0.449 e. The predicted molar refractivity (Wildman–Crippen MR) is 112 cm³/mol. The Morgan fingerprint density at radius 1 is 1.10 bits per heavy atom. The molecule has 31 heavy (non-hydrogen) atoms. The average Bonchev–Trinajstić information content (AvgIpc) is 3.35. The Morgan fingerprint density at radius 3 is 2.58 bits per heavy atom. The molecule has 0 radical (unpaired) electrons. The van der Waals surface area contributed by atoms with Crippen molar-refractivity contribution in [2.75, 3.05) is 36.5 Å². The van der Waals surface area contributed by atoms with E-state index in [1.54, 1.807) is 24.3 Å². The van der Waals surface area contributed by atoms with Gasteiger partial charge in [0.1, 0.15) is 6.33 Å². The number of rotatable bonds is 6. The lowest BCUT2D eigenvalue weighted by atomic mass is 10.2. The van der Waals surface area contributed by atoms with Crippen LogP contribution in [0.1, 0.15) is 17.3 Å². The first-order valence-corrected chi connectivity index (χ1v) is 9.88. The predicted octanol–water partition coefficient (Wildman–Crippen LogP) is 1.68. The molecule has 1 unspecified atom stereocenters. The summed E-state index contributed by atoms with van der Waals surface area (Å²) in [5.74, 6) is -1.02. The maximum atomic E-state index is 12.5. The monoisotopic (exact) mass is 422 g/mol. The summed E-state index contributed by atoms with van der Waals surface area (Å²) in [4.78, 5) is 27.2. The highest BCUT2D eigenvalue weighted by Gasteiger charge is 2.20. The number of amides is 1. The molecule has 160 valence electrons. The van der Waals surface area contributed by atoms with Crippen molar-refractivity contribution in [2.24, 2.45) is 0 Å². The lowest BCUT2D eigenvalue weighted by Crippen LogP contribution is -2.36. The van der Waals surface area contributed by atoms with E-state index in [2.05, 4.69) is 25.7 Å². The zero-order valence-corrected chi connectivity index (χ0v) is 17.0. The molecule has 1 amide bonds. The Morgan fingerprint density at radius 2 is 1.87 bits per heavy atom. The normalized spacial score (nSPS) is 14.7. The molecule has 0 bridgehead atoms. The molecular formula is C21H22N6O4. The first-order chi connectivity index (χ1) is 15.1. The second-order valence-corrected chi connectivity index (χ2v) is 6.99. The molecule has 10 nitrogen and oxygen atoms in total. The van der Waals surface area contributed by atoms with Gasteiger partial charge in [0.15, 0.2) is 6.10 Å². The Labute approximate surface area is 178 Å². The van der Waals surface area contributed by atoms with E-state index in [9.17, 15) is 9.59 Å².